The first kappa shape index (κ1) is 21.2. The molecular formula is C21H20N4O4S2. The van der Waals surface area contributed by atoms with E-state index in [2.05, 4.69) is 21.6 Å². The number of carbonyl (C=O) groups excluding carboxylic acids is 1. The van der Waals surface area contributed by atoms with Crippen LogP contribution in [-0.2, 0) is 17.6 Å². The summed E-state index contributed by atoms with van der Waals surface area (Å²) in [5, 5.41) is 21.4. The van der Waals surface area contributed by atoms with Crippen LogP contribution >= 0.6 is 23.1 Å². The predicted molar refractivity (Wildman–Crippen MR) is 118 cm³/mol. The van der Waals surface area contributed by atoms with Crippen molar-refractivity contribution in [2.24, 2.45) is 0 Å². The van der Waals surface area contributed by atoms with Crippen LogP contribution in [0.15, 0.2) is 27.8 Å². The molecule has 0 spiro atoms. The number of hydrogen-bond donors (Lipinski definition) is 1. The topological polar surface area (TPSA) is 110 Å². The molecule has 4 rings (SSSR count). The van der Waals surface area contributed by atoms with Gasteiger partial charge < -0.3 is 19.2 Å². The highest BCUT2D eigenvalue weighted by atomic mass is 32.2. The van der Waals surface area contributed by atoms with Gasteiger partial charge in [0.25, 0.3) is 5.22 Å². The summed E-state index contributed by atoms with van der Waals surface area (Å²) >= 11 is 2.64. The molecule has 1 amide bonds. The van der Waals surface area contributed by atoms with E-state index in [1.165, 1.54) is 16.2 Å². The smallest absolute Gasteiger partial charge is 0.277 e. The lowest BCUT2D eigenvalue weighted by Gasteiger charge is -2.09. The van der Waals surface area contributed by atoms with E-state index in [0.717, 1.165) is 43.0 Å². The summed E-state index contributed by atoms with van der Waals surface area (Å²) < 4.78 is 16.2. The number of benzene rings is 1. The zero-order valence-electron chi connectivity index (χ0n) is 17.1. The Labute approximate surface area is 187 Å². The molecule has 0 unspecified atom stereocenters. The molecule has 2 aromatic heterocycles. The van der Waals surface area contributed by atoms with E-state index in [9.17, 15) is 10.1 Å². The molecule has 1 aromatic carbocycles. The number of ether oxygens (including phenoxy) is 2. The molecule has 8 nitrogen and oxygen atoms in total. The fraction of sp³-hybridized carbons (Fsp3) is 0.333. The average Bonchev–Trinajstić information content (AvgIpc) is 3.41. The lowest BCUT2D eigenvalue weighted by Crippen LogP contribution is -2.14. The summed E-state index contributed by atoms with van der Waals surface area (Å²) in [5.74, 6) is 1.39. The van der Waals surface area contributed by atoms with Crippen LogP contribution in [0.4, 0.5) is 5.00 Å². The van der Waals surface area contributed by atoms with Crippen LogP contribution < -0.4 is 14.8 Å². The van der Waals surface area contributed by atoms with E-state index in [1.54, 1.807) is 32.4 Å². The largest absolute Gasteiger partial charge is 0.497 e. The Morgan fingerprint density at radius 1 is 1.23 bits per heavy atom. The van der Waals surface area contributed by atoms with E-state index in [0.29, 0.717) is 33.5 Å². The number of rotatable bonds is 7. The van der Waals surface area contributed by atoms with Gasteiger partial charge in [-0.1, -0.05) is 11.8 Å². The summed E-state index contributed by atoms with van der Waals surface area (Å²) in [4.78, 5) is 13.7. The zero-order valence-corrected chi connectivity index (χ0v) is 18.7. The Bertz CT molecular complexity index is 1130. The number of anilines is 1. The number of nitrogens with one attached hydrogen (secondary N) is 1. The number of methoxy groups -OCH3 is 2. The second-order valence-corrected chi connectivity index (χ2v) is 8.87. The quantitative estimate of drug-likeness (QED) is 0.524. The number of fused-ring (bicyclic) bond motifs is 1. The number of nitrogens with zero attached hydrogens (tertiary/aromatic N) is 3. The van der Waals surface area contributed by atoms with Gasteiger partial charge in [-0.25, -0.2) is 0 Å². The van der Waals surface area contributed by atoms with Gasteiger partial charge >= 0.3 is 0 Å². The predicted octanol–water partition coefficient (Wildman–Crippen LogP) is 4.30. The molecule has 0 atom stereocenters. The van der Waals surface area contributed by atoms with Gasteiger partial charge in [-0.3, -0.25) is 4.79 Å². The van der Waals surface area contributed by atoms with E-state index < -0.39 is 0 Å². The highest BCUT2D eigenvalue weighted by molar-refractivity contribution is 7.99. The number of hydrogen-bond acceptors (Lipinski definition) is 9. The average molecular weight is 457 g/mol. The molecule has 10 heteroatoms. The molecule has 160 valence electrons. The van der Waals surface area contributed by atoms with Gasteiger partial charge in [-0.15, -0.1) is 21.5 Å². The number of nitriles is 1. The van der Waals surface area contributed by atoms with Gasteiger partial charge in [0, 0.05) is 16.5 Å². The minimum absolute atomic E-state index is 0.0938. The Morgan fingerprint density at radius 3 is 2.68 bits per heavy atom. The van der Waals surface area contributed by atoms with Gasteiger partial charge in [0.05, 0.1) is 25.5 Å². The van der Waals surface area contributed by atoms with Crippen LogP contribution in [0.2, 0.25) is 0 Å². The first-order valence-corrected chi connectivity index (χ1v) is 11.5. The number of carbonyl (C=O) groups is 1. The number of amides is 1. The van der Waals surface area contributed by atoms with Crippen LogP contribution in [0.1, 0.15) is 28.8 Å². The number of thioether (sulfide) groups is 1. The fourth-order valence-electron chi connectivity index (χ4n) is 3.38. The molecular weight excluding hydrogens is 436 g/mol. The molecule has 0 fully saturated rings. The summed E-state index contributed by atoms with van der Waals surface area (Å²) in [6.07, 6.45) is 4.08. The molecule has 0 aliphatic heterocycles. The van der Waals surface area contributed by atoms with E-state index in [-0.39, 0.29) is 16.9 Å². The van der Waals surface area contributed by atoms with Crippen molar-refractivity contribution in [2.75, 3.05) is 25.3 Å². The second kappa shape index (κ2) is 9.41. The lowest BCUT2D eigenvalue weighted by molar-refractivity contribution is -0.113. The number of aromatic nitrogens is 2. The third kappa shape index (κ3) is 4.68. The highest BCUT2D eigenvalue weighted by Crippen LogP contribution is 2.38. The van der Waals surface area contributed by atoms with Crippen molar-refractivity contribution < 1.29 is 18.7 Å². The van der Waals surface area contributed by atoms with Crippen LogP contribution in [0.3, 0.4) is 0 Å². The van der Waals surface area contributed by atoms with E-state index in [4.69, 9.17) is 13.9 Å². The molecule has 1 aliphatic rings. The highest BCUT2D eigenvalue weighted by Gasteiger charge is 2.22. The molecule has 0 saturated heterocycles. The van der Waals surface area contributed by atoms with Crippen molar-refractivity contribution in [3.05, 3.63) is 34.2 Å². The normalized spacial score (nSPS) is 12.7. The standard InChI is InChI=1S/C21H20N4O4S2/c1-27-13-7-12(8-14(9-13)28-2)19-24-25-21(29-19)30-11-18(26)23-20-16(10-22)15-5-3-4-6-17(15)31-20/h7-9H,3-6,11H2,1-2H3,(H,23,26). The second-order valence-electron chi connectivity index (χ2n) is 6.84. The Hall–Kier alpha value is -3.03. The Morgan fingerprint density at radius 2 is 1.97 bits per heavy atom. The van der Waals surface area contributed by atoms with Crippen LogP contribution in [0.25, 0.3) is 11.5 Å². The minimum Gasteiger partial charge on any atom is -0.497 e. The summed E-state index contributed by atoms with van der Waals surface area (Å²) in [5.41, 5.74) is 2.35. The monoisotopic (exact) mass is 456 g/mol. The summed E-state index contributed by atoms with van der Waals surface area (Å²) in [6, 6.07) is 7.52. The van der Waals surface area contributed by atoms with Gasteiger partial charge in [0.15, 0.2) is 0 Å². The van der Waals surface area contributed by atoms with Crippen molar-refractivity contribution in [1.82, 2.24) is 10.2 Å². The van der Waals surface area contributed by atoms with Crippen molar-refractivity contribution in [3.63, 3.8) is 0 Å². The molecule has 0 radical (unpaired) electrons. The molecule has 2 heterocycles. The maximum atomic E-state index is 12.5. The SMILES string of the molecule is COc1cc(OC)cc(-c2nnc(SCC(=O)Nc3sc4c(c3C#N)CCCC4)o2)c1. The molecule has 1 N–H and O–H groups in total. The van der Waals surface area contributed by atoms with E-state index >= 15 is 0 Å². The Balaban J connectivity index is 1.41. The minimum atomic E-state index is -0.220. The van der Waals surface area contributed by atoms with Gasteiger partial charge in [-0.2, -0.15) is 5.26 Å². The fourth-order valence-corrected chi connectivity index (χ4v) is 5.20. The van der Waals surface area contributed by atoms with Crippen molar-refractivity contribution in [2.45, 2.75) is 30.9 Å². The molecule has 3 aromatic rings. The van der Waals surface area contributed by atoms with Crippen molar-refractivity contribution >= 4 is 34.0 Å². The van der Waals surface area contributed by atoms with Crippen molar-refractivity contribution in [3.8, 4) is 29.0 Å². The van der Waals surface area contributed by atoms with Crippen molar-refractivity contribution in [1.29, 1.82) is 5.26 Å². The molecule has 0 bridgehead atoms. The summed E-state index contributed by atoms with van der Waals surface area (Å²) in [6.45, 7) is 0. The first-order chi connectivity index (χ1) is 15.1. The molecule has 1 aliphatic carbocycles. The third-order valence-electron chi connectivity index (χ3n) is 4.87. The van der Waals surface area contributed by atoms with Crippen LogP contribution in [-0.4, -0.2) is 36.1 Å². The first-order valence-electron chi connectivity index (χ1n) is 9.65. The maximum Gasteiger partial charge on any atom is 0.277 e. The number of thiophene rings is 1. The number of aryl methyl sites for hydroxylation is 1. The molecule has 31 heavy (non-hydrogen) atoms. The van der Waals surface area contributed by atoms with E-state index in [1.807, 2.05) is 0 Å². The van der Waals surface area contributed by atoms with Crippen LogP contribution in [0, 0.1) is 11.3 Å². The maximum absolute atomic E-state index is 12.5. The van der Waals surface area contributed by atoms with Gasteiger partial charge in [0.1, 0.15) is 22.6 Å². The molecule has 0 saturated carbocycles. The van der Waals surface area contributed by atoms with Crippen LogP contribution in [0.5, 0.6) is 11.5 Å². The van der Waals surface area contributed by atoms with Gasteiger partial charge in [-0.05, 0) is 43.4 Å². The third-order valence-corrected chi connectivity index (χ3v) is 6.89. The summed E-state index contributed by atoms with van der Waals surface area (Å²) in [7, 11) is 3.13. The zero-order chi connectivity index (χ0) is 21.8. The van der Waals surface area contributed by atoms with Gasteiger partial charge in [0.2, 0.25) is 11.8 Å². The lowest BCUT2D eigenvalue weighted by atomic mass is 9.96. The Kier molecular flexibility index (Phi) is 6.44.